The van der Waals surface area contributed by atoms with E-state index in [1.165, 1.54) is 60.4 Å². The van der Waals surface area contributed by atoms with E-state index < -0.39 is 0 Å². The molecule has 61 heavy (non-hydrogen) atoms. The summed E-state index contributed by atoms with van der Waals surface area (Å²) in [5, 5.41) is 7.14. The van der Waals surface area contributed by atoms with Crippen molar-refractivity contribution in [2.24, 2.45) is 0 Å². The van der Waals surface area contributed by atoms with Gasteiger partial charge >= 0.3 is 0 Å². The van der Waals surface area contributed by atoms with Crippen molar-refractivity contribution in [2.75, 3.05) is 4.90 Å². The smallest absolute Gasteiger partial charge is 0.137 e. The van der Waals surface area contributed by atoms with Crippen molar-refractivity contribution >= 4 is 71.6 Å². The van der Waals surface area contributed by atoms with Crippen molar-refractivity contribution in [3.63, 3.8) is 0 Å². The van der Waals surface area contributed by atoms with Gasteiger partial charge < -0.3 is 13.9 Å². The molecule has 0 saturated heterocycles. The number of nitrogens with zero attached hydrogens (tertiary/aromatic N) is 2. The van der Waals surface area contributed by atoms with E-state index in [9.17, 15) is 0 Å². The third kappa shape index (κ3) is 5.98. The maximum atomic E-state index is 6.31. The molecule has 0 radical (unpaired) electrons. The third-order valence-corrected chi connectivity index (χ3v) is 12.2. The minimum absolute atomic E-state index is 0.894. The lowest BCUT2D eigenvalue weighted by Crippen LogP contribution is -2.10. The van der Waals surface area contributed by atoms with Crippen LogP contribution >= 0.6 is 0 Å². The number of hydrogen-bond acceptors (Lipinski definition) is 2. The second-order valence-corrected chi connectivity index (χ2v) is 15.7. The Balaban J connectivity index is 0.904. The summed E-state index contributed by atoms with van der Waals surface area (Å²) in [6, 6.07) is 83.0. The molecule has 3 heteroatoms. The van der Waals surface area contributed by atoms with Gasteiger partial charge in [-0.15, -0.1) is 0 Å². The first kappa shape index (κ1) is 34.9. The van der Waals surface area contributed by atoms with Crippen LogP contribution in [0.3, 0.4) is 0 Å². The predicted molar refractivity (Wildman–Crippen MR) is 257 cm³/mol. The minimum Gasteiger partial charge on any atom is -0.456 e. The molecule has 12 rings (SSSR count). The monoisotopic (exact) mass is 778 g/mol. The van der Waals surface area contributed by atoms with Crippen LogP contribution in [0.1, 0.15) is 0 Å². The molecule has 0 bridgehead atoms. The predicted octanol–water partition coefficient (Wildman–Crippen LogP) is 16.3. The van der Waals surface area contributed by atoms with Gasteiger partial charge in [-0.1, -0.05) is 158 Å². The molecule has 0 atom stereocenters. The molecule has 0 fully saturated rings. The highest BCUT2D eigenvalue weighted by Gasteiger charge is 2.18. The van der Waals surface area contributed by atoms with E-state index in [1.807, 2.05) is 12.1 Å². The number of fused-ring (bicyclic) bond motifs is 7. The molecule has 0 saturated carbocycles. The maximum absolute atomic E-state index is 6.31. The largest absolute Gasteiger partial charge is 0.456 e. The van der Waals surface area contributed by atoms with Crippen molar-refractivity contribution in [1.82, 2.24) is 4.57 Å². The molecule has 3 nitrogen and oxygen atoms in total. The SMILES string of the molecule is c1ccc(-c2ccc(N(c3cccc(-c4ccc(-c5ccc6c(c5)c5ccccc5n6-c5ccc6c(c5)oc5ccccc56)cc4)c3)c3cccc4ccccc34)cc2)cc1. The normalized spacial score (nSPS) is 11.6. The molecular formula is C58H38N2O. The zero-order chi connectivity index (χ0) is 40.3. The third-order valence-electron chi connectivity index (χ3n) is 12.2. The van der Waals surface area contributed by atoms with E-state index in [-0.39, 0.29) is 0 Å². The van der Waals surface area contributed by atoms with Gasteiger partial charge in [0.15, 0.2) is 0 Å². The molecular weight excluding hydrogens is 741 g/mol. The zero-order valence-corrected chi connectivity index (χ0v) is 33.2. The fraction of sp³-hybridized carbons (Fsp3) is 0. The Kier molecular flexibility index (Phi) is 8.17. The van der Waals surface area contributed by atoms with Crippen LogP contribution in [0.15, 0.2) is 235 Å². The van der Waals surface area contributed by atoms with Gasteiger partial charge in [0.25, 0.3) is 0 Å². The second-order valence-electron chi connectivity index (χ2n) is 15.7. The number of anilines is 3. The van der Waals surface area contributed by atoms with Crippen molar-refractivity contribution in [2.45, 2.75) is 0 Å². The number of furan rings is 1. The molecule has 0 unspecified atom stereocenters. The first-order chi connectivity index (χ1) is 30.2. The van der Waals surface area contributed by atoms with Crippen LogP contribution in [-0.2, 0) is 0 Å². The van der Waals surface area contributed by atoms with Gasteiger partial charge in [0.2, 0.25) is 0 Å². The van der Waals surface area contributed by atoms with Crippen molar-refractivity contribution in [1.29, 1.82) is 0 Å². The Morgan fingerprint density at radius 3 is 1.72 bits per heavy atom. The van der Waals surface area contributed by atoms with Gasteiger partial charge in [-0.25, -0.2) is 0 Å². The Hall–Kier alpha value is -8.14. The summed E-state index contributed by atoms with van der Waals surface area (Å²) in [4.78, 5) is 2.38. The van der Waals surface area contributed by atoms with E-state index >= 15 is 0 Å². The standard InChI is InChI=1S/C58H38N2O/c1-2-12-39(13-3-1)40-28-31-46(32-29-40)59(54-22-11-15-43-14-4-5-18-49(43)54)47-17-10-16-44(36-47)41-24-26-42(27-25-41)45-30-35-56-53(37-45)50-19-6-8-21-55(50)60(56)48-33-34-52-51-20-7-9-23-57(51)61-58(52)38-48/h1-38H. The Labute approximate surface area is 353 Å². The fourth-order valence-electron chi connectivity index (χ4n) is 9.23. The van der Waals surface area contributed by atoms with Gasteiger partial charge in [0.1, 0.15) is 11.2 Å². The quantitative estimate of drug-likeness (QED) is 0.161. The van der Waals surface area contributed by atoms with Gasteiger partial charge in [-0.2, -0.15) is 0 Å². The molecule has 12 aromatic rings. The summed E-state index contributed by atoms with van der Waals surface area (Å²) in [6.07, 6.45) is 0. The van der Waals surface area contributed by atoms with Crippen LogP contribution in [0.4, 0.5) is 17.1 Å². The van der Waals surface area contributed by atoms with Crippen molar-refractivity contribution in [3.8, 4) is 39.1 Å². The molecule has 2 aromatic heterocycles. The molecule has 0 aliphatic carbocycles. The fourth-order valence-corrected chi connectivity index (χ4v) is 9.23. The number of aromatic nitrogens is 1. The molecule has 0 spiro atoms. The summed E-state index contributed by atoms with van der Waals surface area (Å²) < 4.78 is 8.67. The maximum Gasteiger partial charge on any atom is 0.137 e. The lowest BCUT2D eigenvalue weighted by molar-refractivity contribution is 0.668. The van der Waals surface area contributed by atoms with Crippen LogP contribution < -0.4 is 4.90 Å². The Morgan fingerprint density at radius 2 is 0.885 bits per heavy atom. The zero-order valence-electron chi connectivity index (χ0n) is 33.2. The van der Waals surface area contributed by atoms with Gasteiger partial charge in [-0.3, -0.25) is 0 Å². The number of benzene rings is 10. The van der Waals surface area contributed by atoms with Crippen LogP contribution in [0.5, 0.6) is 0 Å². The first-order valence-corrected chi connectivity index (χ1v) is 20.8. The molecule has 0 aliphatic rings. The number of hydrogen-bond donors (Lipinski definition) is 0. The van der Waals surface area contributed by atoms with E-state index in [0.717, 1.165) is 50.3 Å². The molecule has 0 aliphatic heterocycles. The van der Waals surface area contributed by atoms with E-state index in [4.69, 9.17) is 4.42 Å². The average molecular weight is 779 g/mol. The summed E-state index contributed by atoms with van der Waals surface area (Å²) in [7, 11) is 0. The van der Waals surface area contributed by atoms with Gasteiger partial charge in [0, 0.05) is 50.1 Å². The Morgan fingerprint density at radius 1 is 0.311 bits per heavy atom. The molecule has 286 valence electrons. The van der Waals surface area contributed by atoms with Crippen LogP contribution in [0.25, 0.3) is 93.6 Å². The summed E-state index contributed by atoms with van der Waals surface area (Å²) in [5.41, 5.74) is 15.7. The summed E-state index contributed by atoms with van der Waals surface area (Å²) in [6.45, 7) is 0. The highest BCUT2D eigenvalue weighted by molar-refractivity contribution is 6.11. The van der Waals surface area contributed by atoms with Crippen molar-refractivity contribution < 1.29 is 4.42 Å². The van der Waals surface area contributed by atoms with Gasteiger partial charge in [-0.05, 0) is 105 Å². The second kappa shape index (κ2) is 14.3. The molecule has 0 amide bonds. The average Bonchev–Trinajstić information content (AvgIpc) is 3.87. The van der Waals surface area contributed by atoms with E-state index in [1.54, 1.807) is 0 Å². The molecule has 10 aromatic carbocycles. The number of para-hydroxylation sites is 2. The lowest BCUT2D eigenvalue weighted by Gasteiger charge is -2.27. The topological polar surface area (TPSA) is 21.3 Å². The van der Waals surface area contributed by atoms with Crippen LogP contribution in [0, 0.1) is 0 Å². The minimum atomic E-state index is 0.894. The summed E-state index contributed by atoms with van der Waals surface area (Å²) >= 11 is 0. The Bertz CT molecular complexity index is 3570. The molecule has 0 N–H and O–H groups in total. The summed E-state index contributed by atoms with van der Waals surface area (Å²) in [5.74, 6) is 0. The highest BCUT2D eigenvalue weighted by Crippen LogP contribution is 2.42. The van der Waals surface area contributed by atoms with E-state index in [2.05, 4.69) is 228 Å². The van der Waals surface area contributed by atoms with Crippen LogP contribution in [-0.4, -0.2) is 4.57 Å². The van der Waals surface area contributed by atoms with Crippen molar-refractivity contribution in [3.05, 3.63) is 231 Å². The first-order valence-electron chi connectivity index (χ1n) is 20.8. The van der Waals surface area contributed by atoms with Crippen LogP contribution in [0.2, 0.25) is 0 Å². The number of rotatable bonds is 7. The lowest BCUT2D eigenvalue weighted by atomic mass is 9.98. The van der Waals surface area contributed by atoms with E-state index in [0.29, 0.717) is 0 Å². The van der Waals surface area contributed by atoms with Gasteiger partial charge in [0.05, 0.1) is 16.7 Å². The molecule has 2 heterocycles. The highest BCUT2D eigenvalue weighted by atomic mass is 16.3.